The summed E-state index contributed by atoms with van der Waals surface area (Å²) >= 11 is -2.27. The van der Waals surface area contributed by atoms with E-state index in [4.69, 9.17) is 0 Å². The van der Waals surface area contributed by atoms with Crippen molar-refractivity contribution in [1.82, 2.24) is 0 Å². The molecule has 3 aromatic rings. The fourth-order valence-corrected chi connectivity index (χ4v) is 7.58. The number of hydrogen-bond acceptors (Lipinski definition) is 2. The first-order valence-electron chi connectivity index (χ1n) is 9.67. The molecule has 0 saturated heterocycles. The van der Waals surface area contributed by atoms with Crippen LogP contribution in [0.2, 0.25) is 0 Å². The van der Waals surface area contributed by atoms with Crippen molar-refractivity contribution in [3.8, 4) is 0 Å². The van der Waals surface area contributed by atoms with Crippen LogP contribution in [-0.2, 0) is 16.7 Å². The monoisotopic (exact) mass is 421 g/mol. The molecular weight excluding hydrogens is 397 g/mol. The van der Waals surface area contributed by atoms with Crippen LogP contribution >= 0.6 is 0 Å². The van der Waals surface area contributed by atoms with Gasteiger partial charge < -0.3 is 0 Å². The van der Waals surface area contributed by atoms with Crippen LogP contribution in [0.15, 0.2) is 54.6 Å². The van der Waals surface area contributed by atoms with Gasteiger partial charge in [0.2, 0.25) is 0 Å². The van der Waals surface area contributed by atoms with Crippen molar-refractivity contribution in [1.29, 1.82) is 0 Å². The quantitative estimate of drug-likeness (QED) is 0.423. The van der Waals surface area contributed by atoms with Crippen molar-refractivity contribution < 1.29 is 3.83 Å². The van der Waals surface area contributed by atoms with Crippen LogP contribution in [0.1, 0.15) is 35.1 Å². The second-order valence-corrected chi connectivity index (χ2v) is 10.6. The Labute approximate surface area is 164 Å². The van der Waals surface area contributed by atoms with Crippen molar-refractivity contribution in [3.63, 3.8) is 0 Å². The summed E-state index contributed by atoms with van der Waals surface area (Å²) in [5, 5.41) is 0. The van der Waals surface area contributed by atoms with Gasteiger partial charge in [0.25, 0.3) is 0 Å². The zero-order valence-electron chi connectivity index (χ0n) is 15.8. The summed E-state index contributed by atoms with van der Waals surface area (Å²) in [5.41, 5.74) is 8.73. The molecule has 136 valence electrons. The Balaban J connectivity index is 1.81. The van der Waals surface area contributed by atoms with Gasteiger partial charge in [-0.2, -0.15) is 0 Å². The molecule has 1 aliphatic heterocycles. The predicted molar refractivity (Wildman–Crippen MR) is 113 cm³/mol. The maximum atomic E-state index is 13.5. The second-order valence-electron chi connectivity index (χ2n) is 7.67. The van der Waals surface area contributed by atoms with Crippen LogP contribution in [0.25, 0.3) is 0 Å². The third-order valence-corrected chi connectivity index (χ3v) is 8.77. The summed E-state index contributed by atoms with van der Waals surface area (Å²) in [7, 11) is 0. The summed E-state index contributed by atoms with van der Waals surface area (Å²) in [6.45, 7) is 4.17. The molecule has 0 atom stereocenters. The molecule has 0 spiro atoms. The molecular formula is C24H23NOSe. The molecule has 0 unspecified atom stereocenters. The van der Waals surface area contributed by atoms with E-state index in [0.717, 1.165) is 33.1 Å². The zero-order chi connectivity index (χ0) is 18.5. The van der Waals surface area contributed by atoms with Gasteiger partial charge in [-0.05, 0) is 0 Å². The van der Waals surface area contributed by atoms with E-state index in [2.05, 4.69) is 73.3 Å². The minimum atomic E-state index is -2.27. The number of fused-ring (bicyclic) bond motifs is 3. The van der Waals surface area contributed by atoms with E-state index in [-0.39, 0.29) is 0 Å². The molecule has 0 radical (unpaired) electrons. The van der Waals surface area contributed by atoms with Gasteiger partial charge >= 0.3 is 165 Å². The van der Waals surface area contributed by atoms with Crippen LogP contribution in [0.5, 0.6) is 0 Å². The van der Waals surface area contributed by atoms with Gasteiger partial charge in [0.05, 0.1) is 0 Å². The van der Waals surface area contributed by atoms with Gasteiger partial charge in [0, 0.05) is 0 Å². The van der Waals surface area contributed by atoms with Gasteiger partial charge in [-0.3, -0.25) is 0 Å². The number of anilines is 3. The van der Waals surface area contributed by atoms with Crippen LogP contribution in [0, 0.1) is 13.8 Å². The fourth-order valence-electron chi connectivity index (χ4n) is 4.39. The van der Waals surface area contributed by atoms with Crippen molar-refractivity contribution in [2.45, 2.75) is 39.5 Å². The van der Waals surface area contributed by atoms with Gasteiger partial charge in [-0.15, -0.1) is 0 Å². The molecule has 3 aromatic carbocycles. The van der Waals surface area contributed by atoms with E-state index in [9.17, 15) is 3.83 Å². The number of aryl methyl sites for hydroxylation is 3. The average Bonchev–Trinajstić information content (AvgIpc) is 2.69. The van der Waals surface area contributed by atoms with Crippen molar-refractivity contribution in [3.05, 3.63) is 76.9 Å². The van der Waals surface area contributed by atoms with E-state index in [1.807, 2.05) is 0 Å². The Hall–Kier alpha value is -2.22. The Kier molecular flexibility index (Phi) is 4.03. The van der Waals surface area contributed by atoms with E-state index in [0.29, 0.717) is 0 Å². The van der Waals surface area contributed by atoms with E-state index in [1.165, 1.54) is 40.8 Å². The number of nitrogens with zero attached hydrogens (tertiary/aromatic N) is 1. The first kappa shape index (κ1) is 16.9. The molecule has 3 heteroatoms. The van der Waals surface area contributed by atoms with Crippen LogP contribution in [0.4, 0.5) is 17.1 Å². The Morgan fingerprint density at radius 1 is 0.778 bits per heavy atom. The summed E-state index contributed by atoms with van der Waals surface area (Å²) in [6, 6.07) is 19.5. The molecule has 2 aliphatic rings. The molecule has 0 amide bonds. The summed E-state index contributed by atoms with van der Waals surface area (Å²) in [5.74, 6) is 0. The van der Waals surface area contributed by atoms with E-state index in [1.54, 1.807) is 0 Å². The zero-order valence-corrected chi connectivity index (χ0v) is 17.5. The number of hydrogen-bond donors (Lipinski definition) is 0. The summed E-state index contributed by atoms with van der Waals surface area (Å²) in [6.07, 6.45) is 4.81. The van der Waals surface area contributed by atoms with Gasteiger partial charge in [-0.25, -0.2) is 0 Å². The normalized spacial score (nSPS) is 15.9. The van der Waals surface area contributed by atoms with E-state index >= 15 is 0 Å². The third kappa shape index (κ3) is 2.69. The molecule has 27 heavy (non-hydrogen) atoms. The average molecular weight is 420 g/mol. The Morgan fingerprint density at radius 2 is 1.41 bits per heavy atom. The first-order valence-corrected chi connectivity index (χ1v) is 12.1. The molecule has 1 heterocycles. The third-order valence-electron chi connectivity index (χ3n) is 5.72. The van der Waals surface area contributed by atoms with Gasteiger partial charge in [0.15, 0.2) is 0 Å². The molecule has 0 saturated carbocycles. The Bertz CT molecular complexity index is 1030. The van der Waals surface area contributed by atoms with Crippen LogP contribution < -0.4 is 13.8 Å². The summed E-state index contributed by atoms with van der Waals surface area (Å²) < 4.78 is 15.5. The SMILES string of the molecule is Cc1ccc2c(c1)[Se](=O)c1cc(C)ccc1N2c1cccc2c1CCCC2. The van der Waals surface area contributed by atoms with Crippen molar-refractivity contribution in [2.75, 3.05) is 4.90 Å². The second kappa shape index (κ2) is 6.44. The number of rotatable bonds is 1. The van der Waals surface area contributed by atoms with Gasteiger partial charge in [0.1, 0.15) is 0 Å². The minimum absolute atomic E-state index is 1.02. The van der Waals surface area contributed by atoms with Gasteiger partial charge in [-0.1, -0.05) is 0 Å². The maximum absolute atomic E-state index is 13.5. The molecule has 0 N–H and O–H groups in total. The van der Waals surface area contributed by atoms with Crippen LogP contribution in [-0.4, -0.2) is 13.8 Å². The van der Waals surface area contributed by atoms with E-state index < -0.39 is 13.8 Å². The molecule has 0 aromatic heterocycles. The Morgan fingerprint density at radius 3 is 2.07 bits per heavy atom. The molecule has 0 fully saturated rings. The molecule has 2 nitrogen and oxygen atoms in total. The standard InChI is InChI=1S/C24H23NOSe/c1-16-10-12-21-23(14-16)27(26)24-15-17(2)11-13-22(24)25(21)20-9-5-7-18-6-3-4-8-19(18)20/h5,7,9-15H,3-4,6,8H2,1-2H3. The molecule has 0 bridgehead atoms. The van der Waals surface area contributed by atoms with Crippen LogP contribution in [0.3, 0.4) is 0 Å². The number of benzene rings is 3. The predicted octanol–water partition coefficient (Wildman–Crippen LogP) is 4.50. The van der Waals surface area contributed by atoms with Crippen molar-refractivity contribution >= 4 is 39.8 Å². The molecule has 1 aliphatic carbocycles. The molecule has 5 rings (SSSR count). The summed E-state index contributed by atoms with van der Waals surface area (Å²) in [4.78, 5) is 2.37. The topological polar surface area (TPSA) is 20.3 Å². The first-order chi connectivity index (χ1) is 13.1. The fraction of sp³-hybridized carbons (Fsp3) is 0.250. The van der Waals surface area contributed by atoms with Crippen molar-refractivity contribution in [2.24, 2.45) is 0 Å².